The number of aryl methyl sites for hydroxylation is 1. The van der Waals surface area contributed by atoms with Crippen LogP contribution in [0.4, 0.5) is 0 Å². The number of carbonyl (C=O) groups is 1. The van der Waals surface area contributed by atoms with Crippen LogP contribution >= 0.6 is 0 Å². The van der Waals surface area contributed by atoms with Crippen LogP contribution in [0, 0.1) is 0 Å². The van der Waals surface area contributed by atoms with Gasteiger partial charge in [-0.25, -0.2) is 0 Å². The molecule has 0 bridgehead atoms. The Balaban J connectivity index is 2.00. The third kappa shape index (κ3) is 2.84. The monoisotopic (exact) mass is 231 g/mol. The number of hydrogen-bond acceptors (Lipinski definition) is 2. The Morgan fingerprint density at radius 3 is 2.88 bits per heavy atom. The second-order valence-corrected chi connectivity index (χ2v) is 3.80. The van der Waals surface area contributed by atoms with E-state index in [4.69, 9.17) is 0 Å². The Bertz CT molecular complexity index is 583. The normalized spacial score (nSPS) is 10.2. The van der Waals surface area contributed by atoms with E-state index >= 15 is 0 Å². The van der Waals surface area contributed by atoms with Crippen molar-refractivity contribution in [3.63, 3.8) is 0 Å². The maximum Gasteiger partial charge on any atom is 0.268 e. The minimum absolute atomic E-state index is 0.272. The summed E-state index contributed by atoms with van der Waals surface area (Å²) in [7, 11) is 1.92. The smallest absolute Gasteiger partial charge is 0.268 e. The number of amides is 1. The predicted octanol–water partition coefficient (Wildman–Crippen LogP) is 0.643. The number of pyridine rings is 1. The van der Waals surface area contributed by atoms with Crippen molar-refractivity contribution in [1.29, 1.82) is 0 Å². The van der Waals surface area contributed by atoms with E-state index in [0.29, 0.717) is 6.54 Å². The van der Waals surface area contributed by atoms with E-state index in [0.717, 1.165) is 5.56 Å². The van der Waals surface area contributed by atoms with Gasteiger partial charge in [0.2, 0.25) is 5.56 Å². The average Bonchev–Trinajstić information content (AvgIpc) is 2.72. The summed E-state index contributed by atoms with van der Waals surface area (Å²) < 4.78 is 1.91. The van der Waals surface area contributed by atoms with E-state index in [1.807, 2.05) is 30.1 Å². The summed E-state index contributed by atoms with van der Waals surface area (Å²) in [5.74, 6) is -0.286. The fourth-order valence-corrected chi connectivity index (χ4v) is 1.52. The molecule has 0 spiro atoms. The van der Waals surface area contributed by atoms with Gasteiger partial charge in [-0.05, 0) is 17.7 Å². The first kappa shape index (κ1) is 11.2. The molecule has 0 aliphatic rings. The van der Waals surface area contributed by atoms with Gasteiger partial charge in [0.05, 0.1) is 0 Å². The fraction of sp³-hybridized carbons (Fsp3) is 0.167. The maximum atomic E-state index is 11.7. The van der Waals surface area contributed by atoms with Crippen LogP contribution < -0.4 is 10.9 Å². The summed E-state index contributed by atoms with van der Waals surface area (Å²) in [6, 6.07) is 6.42. The first-order chi connectivity index (χ1) is 8.15. The van der Waals surface area contributed by atoms with Crippen molar-refractivity contribution in [3.8, 4) is 0 Å². The Kier molecular flexibility index (Phi) is 3.09. The number of rotatable bonds is 3. The van der Waals surface area contributed by atoms with Gasteiger partial charge < -0.3 is 14.9 Å². The highest BCUT2D eigenvalue weighted by atomic mass is 16.2. The van der Waals surface area contributed by atoms with Crippen molar-refractivity contribution in [1.82, 2.24) is 14.9 Å². The molecule has 5 heteroatoms. The molecule has 2 aromatic heterocycles. The number of aromatic amines is 1. The molecule has 5 nitrogen and oxygen atoms in total. The lowest BCUT2D eigenvalue weighted by molar-refractivity contribution is 0.0945. The zero-order valence-corrected chi connectivity index (χ0v) is 9.43. The Morgan fingerprint density at radius 2 is 2.24 bits per heavy atom. The van der Waals surface area contributed by atoms with Crippen LogP contribution in [-0.4, -0.2) is 15.5 Å². The molecule has 17 heavy (non-hydrogen) atoms. The Labute approximate surface area is 98.1 Å². The molecule has 0 aliphatic heterocycles. The highest BCUT2D eigenvalue weighted by Gasteiger charge is 2.05. The Hall–Kier alpha value is -2.30. The van der Waals surface area contributed by atoms with Gasteiger partial charge in [0.15, 0.2) is 0 Å². The standard InChI is InChI=1S/C12H13N3O2/c1-15-6-5-9(8-15)7-13-12(17)10-3-2-4-11(16)14-10/h2-6,8H,7H2,1H3,(H,13,17)(H,14,16). The number of aromatic nitrogens is 2. The highest BCUT2D eigenvalue weighted by molar-refractivity contribution is 5.92. The molecular weight excluding hydrogens is 218 g/mol. The number of hydrogen-bond donors (Lipinski definition) is 2. The summed E-state index contributed by atoms with van der Waals surface area (Å²) in [6.45, 7) is 0.441. The van der Waals surface area contributed by atoms with Crippen molar-refractivity contribution in [2.24, 2.45) is 7.05 Å². The van der Waals surface area contributed by atoms with Crippen LogP contribution in [-0.2, 0) is 13.6 Å². The van der Waals surface area contributed by atoms with Gasteiger partial charge in [-0.3, -0.25) is 9.59 Å². The molecule has 2 heterocycles. The lowest BCUT2D eigenvalue weighted by Gasteiger charge is -2.03. The number of carbonyl (C=O) groups excluding carboxylic acids is 1. The fourth-order valence-electron chi connectivity index (χ4n) is 1.52. The number of nitrogens with zero attached hydrogens (tertiary/aromatic N) is 1. The van der Waals surface area contributed by atoms with Crippen LogP contribution in [0.25, 0.3) is 0 Å². The van der Waals surface area contributed by atoms with E-state index in [2.05, 4.69) is 10.3 Å². The molecule has 88 valence electrons. The zero-order chi connectivity index (χ0) is 12.3. The van der Waals surface area contributed by atoms with Crippen molar-refractivity contribution in [3.05, 3.63) is 58.3 Å². The zero-order valence-electron chi connectivity index (χ0n) is 9.43. The number of nitrogens with one attached hydrogen (secondary N) is 2. The molecule has 2 rings (SSSR count). The third-order valence-electron chi connectivity index (χ3n) is 2.36. The van der Waals surface area contributed by atoms with Gasteiger partial charge in [0, 0.05) is 32.1 Å². The van der Waals surface area contributed by atoms with Crippen molar-refractivity contribution in [2.45, 2.75) is 6.54 Å². The van der Waals surface area contributed by atoms with Crippen LogP contribution in [0.5, 0.6) is 0 Å². The Morgan fingerprint density at radius 1 is 1.41 bits per heavy atom. The molecule has 0 saturated carbocycles. The summed E-state index contributed by atoms with van der Waals surface area (Å²) >= 11 is 0. The molecule has 0 radical (unpaired) electrons. The minimum Gasteiger partial charge on any atom is -0.357 e. The topological polar surface area (TPSA) is 66.9 Å². The molecule has 0 aliphatic carbocycles. The molecule has 2 N–H and O–H groups in total. The van der Waals surface area contributed by atoms with Crippen molar-refractivity contribution < 1.29 is 4.79 Å². The summed E-state index contributed by atoms with van der Waals surface area (Å²) in [6.07, 6.45) is 3.83. The number of H-pyrrole nitrogens is 1. The maximum absolute atomic E-state index is 11.7. The minimum atomic E-state index is -0.286. The van der Waals surface area contributed by atoms with Gasteiger partial charge in [-0.15, -0.1) is 0 Å². The molecule has 2 aromatic rings. The summed E-state index contributed by atoms with van der Waals surface area (Å²) in [5, 5.41) is 2.73. The highest BCUT2D eigenvalue weighted by Crippen LogP contribution is 1.99. The molecule has 0 fully saturated rings. The van der Waals surface area contributed by atoms with Gasteiger partial charge in [-0.2, -0.15) is 0 Å². The molecule has 0 saturated heterocycles. The van der Waals surface area contributed by atoms with Crippen LogP contribution in [0.3, 0.4) is 0 Å². The van der Waals surface area contributed by atoms with Crippen LogP contribution in [0.2, 0.25) is 0 Å². The van der Waals surface area contributed by atoms with E-state index in [-0.39, 0.29) is 17.2 Å². The molecule has 0 unspecified atom stereocenters. The second-order valence-electron chi connectivity index (χ2n) is 3.80. The third-order valence-corrected chi connectivity index (χ3v) is 2.36. The second kappa shape index (κ2) is 4.69. The molecular formula is C12H13N3O2. The van der Waals surface area contributed by atoms with Gasteiger partial charge in [0.1, 0.15) is 5.69 Å². The van der Waals surface area contributed by atoms with Gasteiger partial charge in [0.25, 0.3) is 5.91 Å². The largest absolute Gasteiger partial charge is 0.357 e. The molecule has 0 atom stereocenters. The van der Waals surface area contributed by atoms with Crippen LogP contribution in [0.15, 0.2) is 41.5 Å². The molecule has 1 amide bonds. The molecule has 0 aromatic carbocycles. The lowest BCUT2D eigenvalue weighted by atomic mass is 10.3. The average molecular weight is 231 g/mol. The van der Waals surface area contributed by atoms with E-state index in [9.17, 15) is 9.59 Å². The van der Waals surface area contributed by atoms with Gasteiger partial charge in [-0.1, -0.05) is 6.07 Å². The van der Waals surface area contributed by atoms with E-state index in [1.54, 1.807) is 12.1 Å². The predicted molar refractivity (Wildman–Crippen MR) is 63.6 cm³/mol. The summed E-state index contributed by atoms with van der Waals surface area (Å²) in [4.78, 5) is 25.2. The lowest BCUT2D eigenvalue weighted by Crippen LogP contribution is -2.25. The van der Waals surface area contributed by atoms with Crippen LogP contribution in [0.1, 0.15) is 16.1 Å². The first-order valence-electron chi connectivity index (χ1n) is 5.23. The SMILES string of the molecule is Cn1ccc(CNC(=O)c2cccc(=O)[nH]2)c1. The first-order valence-corrected chi connectivity index (χ1v) is 5.23. The van der Waals surface area contributed by atoms with E-state index in [1.165, 1.54) is 6.07 Å². The quantitative estimate of drug-likeness (QED) is 0.814. The van der Waals surface area contributed by atoms with Crippen molar-refractivity contribution in [2.75, 3.05) is 0 Å². The summed E-state index contributed by atoms with van der Waals surface area (Å²) in [5.41, 5.74) is 1.00. The van der Waals surface area contributed by atoms with Crippen molar-refractivity contribution >= 4 is 5.91 Å². The van der Waals surface area contributed by atoms with Gasteiger partial charge >= 0.3 is 0 Å². The van der Waals surface area contributed by atoms with E-state index < -0.39 is 0 Å².